The summed E-state index contributed by atoms with van der Waals surface area (Å²) in [6.45, 7) is 8.42. The molecule has 1 saturated heterocycles. The predicted octanol–water partition coefficient (Wildman–Crippen LogP) is 4.22. The fraction of sp³-hybridized carbons (Fsp3) is 0.520. The zero-order chi connectivity index (χ0) is 21.6. The van der Waals surface area contributed by atoms with Crippen molar-refractivity contribution in [2.75, 3.05) is 26.8 Å². The van der Waals surface area contributed by atoms with Crippen LogP contribution in [0.1, 0.15) is 43.5 Å². The van der Waals surface area contributed by atoms with Crippen LogP contribution in [-0.4, -0.2) is 48.7 Å². The minimum Gasteiger partial charge on any atom is -0.497 e. The summed E-state index contributed by atoms with van der Waals surface area (Å²) >= 11 is 0. The number of likely N-dealkylation sites (tertiary alicyclic amines) is 1. The Kier molecular flexibility index (Phi) is 7.48. The van der Waals surface area contributed by atoms with Crippen molar-refractivity contribution >= 4 is 5.97 Å². The molecule has 30 heavy (non-hydrogen) atoms. The van der Waals surface area contributed by atoms with Gasteiger partial charge in [-0.2, -0.15) is 0 Å². The number of esters is 1. The molecule has 1 fully saturated rings. The summed E-state index contributed by atoms with van der Waals surface area (Å²) in [5.41, 5.74) is 3.01. The van der Waals surface area contributed by atoms with Crippen LogP contribution in [0.25, 0.3) is 0 Å². The standard InChI is InChI=1S/C25H34N2O3/c1-5-30-24(28)25(18-21-7-6-8-23(17-21)29-4)10-13-27(14-11-25)20(3)16-22-15-19(2)9-12-26-22/h6-9,12,15,17,20H,5,10-11,13-14,16,18H2,1-4H3/t20-/m1/s1. The van der Waals surface area contributed by atoms with Crippen LogP contribution in [0.15, 0.2) is 42.6 Å². The number of pyridine rings is 1. The second kappa shape index (κ2) is 10.1. The molecule has 0 unspecified atom stereocenters. The first kappa shape index (κ1) is 22.3. The number of aryl methyl sites for hydroxylation is 1. The number of ether oxygens (including phenoxy) is 2. The van der Waals surface area contributed by atoms with Crippen LogP contribution in [0.3, 0.4) is 0 Å². The van der Waals surface area contributed by atoms with E-state index in [4.69, 9.17) is 9.47 Å². The van der Waals surface area contributed by atoms with Crippen LogP contribution in [0.2, 0.25) is 0 Å². The fourth-order valence-corrected chi connectivity index (χ4v) is 4.45. The lowest BCUT2D eigenvalue weighted by atomic mass is 9.73. The Hall–Kier alpha value is -2.40. The Bertz CT molecular complexity index is 844. The molecule has 0 amide bonds. The molecular formula is C25H34N2O3. The average molecular weight is 411 g/mol. The van der Waals surface area contributed by atoms with Gasteiger partial charge < -0.3 is 14.4 Å². The molecule has 1 aromatic carbocycles. The van der Waals surface area contributed by atoms with Gasteiger partial charge in [-0.15, -0.1) is 0 Å². The maximum Gasteiger partial charge on any atom is 0.312 e. The molecule has 0 aliphatic carbocycles. The molecule has 162 valence electrons. The fourth-order valence-electron chi connectivity index (χ4n) is 4.45. The maximum absolute atomic E-state index is 13.0. The van der Waals surface area contributed by atoms with E-state index >= 15 is 0 Å². The maximum atomic E-state index is 13.0. The van der Waals surface area contributed by atoms with Gasteiger partial charge >= 0.3 is 5.97 Å². The highest BCUT2D eigenvalue weighted by molar-refractivity contribution is 5.77. The molecule has 0 N–H and O–H groups in total. The topological polar surface area (TPSA) is 51.7 Å². The number of carbonyl (C=O) groups excluding carboxylic acids is 1. The minimum atomic E-state index is -0.472. The van der Waals surface area contributed by atoms with Gasteiger partial charge in [0, 0.05) is 24.4 Å². The Balaban J connectivity index is 1.70. The summed E-state index contributed by atoms with van der Waals surface area (Å²) < 4.78 is 10.9. The molecule has 0 radical (unpaired) electrons. The summed E-state index contributed by atoms with van der Waals surface area (Å²) in [6.07, 6.45) is 5.09. The van der Waals surface area contributed by atoms with Gasteiger partial charge in [-0.3, -0.25) is 9.78 Å². The third kappa shape index (κ3) is 5.39. The van der Waals surface area contributed by atoms with Crippen molar-refractivity contribution in [2.24, 2.45) is 5.41 Å². The van der Waals surface area contributed by atoms with Crippen molar-refractivity contribution in [1.29, 1.82) is 0 Å². The van der Waals surface area contributed by atoms with Crippen LogP contribution in [0.5, 0.6) is 5.75 Å². The van der Waals surface area contributed by atoms with Crippen molar-refractivity contribution in [3.05, 3.63) is 59.4 Å². The van der Waals surface area contributed by atoms with Crippen molar-refractivity contribution in [2.45, 2.75) is 52.5 Å². The second-order valence-electron chi connectivity index (χ2n) is 8.44. The Labute approximate surface area is 180 Å². The van der Waals surface area contributed by atoms with E-state index in [1.165, 1.54) is 5.56 Å². The van der Waals surface area contributed by atoms with Gasteiger partial charge in [-0.05, 0) is 88.5 Å². The number of aromatic nitrogens is 1. The minimum absolute atomic E-state index is 0.0690. The van der Waals surface area contributed by atoms with E-state index in [-0.39, 0.29) is 5.97 Å². The van der Waals surface area contributed by atoms with Crippen molar-refractivity contribution in [3.8, 4) is 5.75 Å². The van der Waals surface area contributed by atoms with E-state index in [1.807, 2.05) is 37.4 Å². The van der Waals surface area contributed by atoms with Crippen LogP contribution in [0, 0.1) is 12.3 Å². The molecule has 0 saturated carbocycles. The summed E-state index contributed by atoms with van der Waals surface area (Å²) in [5.74, 6) is 0.753. The molecule has 5 heteroatoms. The number of piperidine rings is 1. The van der Waals surface area contributed by atoms with E-state index in [9.17, 15) is 4.79 Å². The van der Waals surface area contributed by atoms with Crippen LogP contribution < -0.4 is 4.74 Å². The first-order valence-electron chi connectivity index (χ1n) is 10.9. The normalized spacial score (nSPS) is 17.3. The highest BCUT2D eigenvalue weighted by Crippen LogP contribution is 2.38. The lowest BCUT2D eigenvalue weighted by Crippen LogP contribution is -2.49. The molecule has 5 nitrogen and oxygen atoms in total. The van der Waals surface area contributed by atoms with Gasteiger partial charge in [0.05, 0.1) is 19.1 Å². The monoisotopic (exact) mass is 410 g/mol. The second-order valence-corrected chi connectivity index (χ2v) is 8.44. The molecule has 3 rings (SSSR count). The van der Waals surface area contributed by atoms with Crippen LogP contribution >= 0.6 is 0 Å². The molecule has 0 spiro atoms. The number of benzene rings is 1. The number of hydrogen-bond acceptors (Lipinski definition) is 5. The van der Waals surface area contributed by atoms with Gasteiger partial charge in [0.2, 0.25) is 0 Å². The highest BCUT2D eigenvalue weighted by Gasteiger charge is 2.43. The Morgan fingerprint density at radius 3 is 2.67 bits per heavy atom. The van der Waals surface area contributed by atoms with E-state index in [0.717, 1.165) is 49.4 Å². The Morgan fingerprint density at radius 1 is 1.23 bits per heavy atom. The third-order valence-electron chi connectivity index (χ3n) is 6.24. The zero-order valence-electron chi connectivity index (χ0n) is 18.7. The summed E-state index contributed by atoms with van der Waals surface area (Å²) in [4.78, 5) is 20.0. The van der Waals surface area contributed by atoms with Crippen molar-refractivity contribution in [3.63, 3.8) is 0 Å². The van der Waals surface area contributed by atoms with Gasteiger partial charge in [0.15, 0.2) is 0 Å². The largest absolute Gasteiger partial charge is 0.497 e. The number of hydrogen-bond donors (Lipinski definition) is 0. The lowest BCUT2D eigenvalue weighted by molar-refractivity contribution is -0.159. The quantitative estimate of drug-likeness (QED) is 0.610. The van der Waals surface area contributed by atoms with Gasteiger partial charge in [0.25, 0.3) is 0 Å². The zero-order valence-corrected chi connectivity index (χ0v) is 18.7. The first-order valence-corrected chi connectivity index (χ1v) is 10.9. The number of rotatable bonds is 8. The summed E-state index contributed by atoms with van der Waals surface area (Å²) in [5, 5.41) is 0. The molecule has 2 heterocycles. The van der Waals surface area contributed by atoms with Gasteiger partial charge in [-0.1, -0.05) is 12.1 Å². The molecule has 1 aliphatic rings. The molecule has 1 atom stereocenters. The number of carbonyl (C=O) groups is 1. The smallest absolute Gasteiger partial charge is 0.312 e. The molecular weight excluding hydrogens is 376 g/mol. The molecule has 1 aromatic heterocycles. The summed E-state index contributed by atoms with van der Waals surface area (Å²) in [6, 6.07) is 12.6. The van der Waals surface area contributed by atoms with Gasteiger partial charge in [0.1, 0.15) is 5.75 Å². The van der Waals surface area contributed by atoms with E-state index in [0.29, 0.717) is 19.1 Å². The Morgan fingerprint density at radius 2 is 2.00 bits per heavy atom. The first-order chi connectivity index (χ1) is 14.5. The predicted molar refractivity (Wildman–Crippen MR) is 119 cm³/mol. The highest BCUT2D eigenvalue weighted by atomic mass is 16.5. The molecule has 0 bridgehead atoms. The average Bonchev–Trinajstić information content (AvgIpc) is 2.74. The number of nitrogens with zero attached hydrogens (tertiary/aromatic N) is 2. The van der Waals surface area contributed by atoms with Crippen LogP contribution in [0.4, 0.5) is 0 Å². The summed E-state index contributed by atoms with van der Waals surface area (Å²) in [7, 11) is 1.67. The van der Waals surface area contributed by atoms with E-state index in [2.05, 4.69) is 35.9 Å². The molecule has 1 aliphatic heterocycles. The van der Waals surface area contributed by atoms with Crippen molar-refractivity contribution < 1.29 is 14.3 Å². The SMILES string of the molecule is CCOC(=O)C1(Cc2cccc(OC)c2)CCN([C@H](C)Cc2cc(C)ccn2)CC1. The van der Waals surface area contributed by atoms with Gasteiger partial charge in [-0.25, -0.2) is 0 Å². The van der Waals surface area contributed by atoms with Crippen LogP contribution in [-0.2, 0) is 22.4 Å². The van der Waals surface area contributed by atoms with Crippen molar-refractivity contribution in [1.82, 2.24) is 9.88 Å². The lowest BCUT2D eigenvalue weighted by Gasteiger charge is -2.42. The third-order valence-corrected chi connectivity index (χ3v) is 6.24. The van der Waals surface area contributed by atoms with E-state index < -0.39 is 5.41 Å². The number of methoxy groups -OCH3 is 1. The molecule has 2 aromatic rings. The van der Waals surface area contributed by atoms with E-state index in [1.54, 1.807) is 7.11 Å².